The lowest BCUT2D eigenvalue weighted by Crippen LogP contribution is -2.58. The van der Waals surface area contributed by atoms with Gasteiger partial charge in [0.2, 0.25) is 41.4 Å². The van der Waals surface area contributed by atoms with Gasteiger partial charge in [-0.05, 0) is 235 Å². The Hall–Kier alpha value is -7.63. The number of carboxylic acids is 7. The maximum absolute atomic E-state index is 12.8. The summed E-state index contributed by atoms with van der Waals surface area (Å²) in [7, 11) is 1.57. The van der Waals surface area contributed by atoms with Crippen molar-refractivity contribution in [3.05, 3.63) is 0 Å². The van der Waals surface area contributed by atoms with E-state index in [-0.39, 0.29) is 77.5 Å². The number of amides is 7. The monoisotopic (exact) mass is 1880 g/mol. The molecule has 2 aliphatic carbocycles. The number of carbonyl (C=O) groups excluding carboxylic acids is 7. The fraction of sp³-hybridized carbons (Fsp3) is 0.860. The SMILES string of the molecule is CCC(CC)(CC(C)C)C(=O)N(C)CC(=O)O.CCC(CC)(CC(C)C)C(=O)NC(C(=O)O)C(C)C.CCC(CC)(CC(C)C)C(=O)NC(C)(C)C(=O)O.CCC(CC)(CC(C)C)C(=O)NC(C)C(=O)O.CCC(CC)(CC(C)C)C(=O)NC(CC(=O)O)C(F)(F)F.CCC(CC)(CC(C)C)C(=O)NC1(CC(=O)O)CC1.CCC(CC)(CC(C)C)C(=O)NC1(CC(=O)O)CCC1. The van der Waals surface area contributed by atoms with Crippen molar-refractivity contribution in [1.29, 1.82) is 0 Å². The first kappa shape index (κ1) is 132. The number of hydrogen-bond acceptors (Lipinski definition) is 14. The van der Waals surface area contributed by atoms with Gasteiger partial charge in [-0.15, -0.1) is 0 Å². The third-order valence-electron chi connectivity index (χ3n) is 27.0. The maximum Gasteiger partial charge on any atom is 0.409 e. The van der Waals surface area contributed by atoms with E-state index in [0.717, 1.165) is 148 Å². The standard InChI is InChI=1S/C16H29NO3.C15H27NO3.C15H29NO3.C14H24F3NO3.C14H27NO3.2C13H25NO3/c1-5-15(6-2,10-12(3)4)14(20)17-16(8-7-9-16)11-13(18)19;1-5-14(6-2,9-11(3)4)13(19)16-15(7-8-15)10-12(17)18;1-7-15(8-2,9-10(3)4)14(19)16-12(11(5)6)13(17)18;1-5-13(6-2,8-9(3)4)12(21)18-10(7-11(19)20)14(15,16)17;1-7-14(8-2,9-10(3)4)11(16)15-13(5,6)12(17)18;1-6-13(7-2,8-10(3)4)12(17)14(5)9-11(15)16;1-6-13(7-2,8-9(3)4)12(17)14-10(5)11(15)16/h12H,5-11H2,1-4H3,(H,17,20)(H,18,19);11H,5-10H2,1-4H3,(H,16,19)(H,17,18);10-12H,7-9H2,1-6H3,(H,16,19)(H,17,18);9-10H,5-8H2,1-4H3,(H,18,21)(H,19,20);10H,7-9H2,1-6H3,(H,15,16)(H,17,18);10H,6-9H2,1-5H3,(H,15,16);9-10H,6-8H2,1-5H3,(H,14,17)(H,15,16). The van der Waals surface area contributed by atoms with Crippen molar-refractivity contribution in [1.82, 2.24) is 36.8 Å². The molecule has 0 aliphatic heterocycles. The lowest BCUT2D eigenvalue weighted by Gasteiger charge is -2.44. The Morgan fingerprint density at radius 2 is 0.595 bits per heavy atom. The lowest BCUT2D eigenvalue weighted by molar-refractivity contribution is -0.172. The molecule has 2 fully saturated rings. The van der Waals surface area contributed by atoms with Crippen LogP contribution >= 0.6 is 0 Å². The minimum absolute atomic E-state index is 0.0430. The molecule has 0 aromatic rings. The highest BCUT2D eigenvalue weighted by Gasteiger charge is 2.51. The maximum atomic E-state index is 12.8. The van der Waals surface area contributed by atoms with E-state index in [4.69, 9.17) is 30.6 Å². The topological polar surface area (TPSA) is 456 Å². The van der Waals surface area contributed by atoms with Gasteiger partial charge in [-0.2, -0.15) is 13.2 Å². The molecule has 28 nitrogen and oxygen atoms in total. The zero-order valence-corrected chi connectivity index (χ0v) is 87.5. The molecule has 0 bridgehead atoms. The van der Waals surface area contributed by atoms with Gasteiger partial charge in [-0.25, -0.2) is 9.59 Å². The van der Waals surface area contributed by atoms with Crippen molar-refractivity contribution < 1.29 is 116 Å². The molecule has 2 aliphatic rings. The van der Waals surface area contributed by atoms with Crippen LogP contribution in [0.1, 0.15) is 415 Å². The first-order chi connectivity index (χ1) is 59.9. The van der Waals surface area contributed by atoms with Gasteiger partial charge in [-0.3, -0.25) is 57.5 Å². The van der Waals surface area contributed by atoms with Gasteiger partial charge >= 0.3 is 48.0 Å². The zero-order chi connectivity index (χ0) is 104. The van der Waals surface area contributed by atoms with Crippen LogP contribution in [0.5, 0.6) is 0 Å². The molecule has 0 spiro atoms. The summed E-state index contributed by atoms with van der Waals surface area (Å²) in [5.41, 5.74) is -5.50. The number of halogens is 3. The Morgan fingerprint density at radius 1 is 0.336 bits per heavy atom. The highest BCUT2D eigenvalue weighted by molar-refractivity contribution is 5.91. The molecule has 2 rings (SSSR count). The van der Waals surface area contributed by atoms with Crippen LogP contribution < -0.4 is 31.9 Å². The van der Waals surface area contributed by atoms with Gasteiger partial charge in [0.15, 0.2) is 0 Å². The molecule has 3 atom stereocenters. The Morgan fingerprint density at radius 3 is 0.802 bits per heavy atom. The Labute approximate surface area is 786 Å². The second-order valence-electron chi connectivity index (χ2n) is 41.2. The summed E-state index contributed by atoms with van der Waals surface area (Å²) in [4.78, 5) is 165. The van der Waals surface area contributed by atoms with E-state index < -0.39 is 122 Å². The highest BCUT2D eigenvalue weighted by atomic mass is 19.4. The van der Waals surface area contributed by atoms with Crippen molar-refractivity contribution >= 4 is 83.1 Å². The quantitative estimate of drug-likeness (QED) is 0.0269. The van der Waals surface area contributed by atoms with E-state index in [2.05, 4.69) is 124 Å². The van der Waals surface area contributed by atoms with Crippen LogP contribution in [0.15, 0.2) is 0 Å². The van der Waals surface area contributed by atoms with Crippen molar-refractivity contribution in [2.24, 2.45) is 85.2 Å². The zero-order valence-electron chi connectivity index (χ0n) is 87.5. The number of hydrogen-bond donors (Lipinski definition) is 13. The summed E-state index contributed by atoms with van der Waals surface area (Å²) in [5, 5.41) is 78.3. The molecule has 2 saturated carbocycles. The molecule has 131 heavy (non-hydrogen) atoms. The first-order valence-electron chi connectivity index (χ1n) is 48.7. The summed E-state index contributed by atoms with van der Waals surface area (Å²) >= 11 is 0. The van der Waals surface area contributed by atoms with Crippen LogP contribution in [0.3, 0.4) is 0 Å². The summed E-state index contributed by atoms with van der Waals surface area (Å²) in [5.74, 6) is -5.64. The molecule has 768 valence electrons. The lowest BCUT2D eigenvalue weighted by atomic mass is 9.70. The van der Waals surface area contributed by atoms with E-state index in [0.29, 0.717) is 54.8 Å². The number of alkyl halides is 3. The van der Waals surface area contributed by atoms with Crippen LogP contribution in [0.4, 0.5) is 13.2 Å². The van der Waals surface area contributed by atoms with Crippen LogP contribution in [0.2, 0.25) is 0 Å². The molecule has 0 saturated heterocycles. The molecular formula is C100H186F3N7O21. The molecule has 31 heteroatoms. The van der Waals surface area contributed by atoms with Gasteiger partial charge in [0.25, 0.3) is 0 Å². The normalized spacial score (nSPS) is 14.5. The fourth-order valence-electron chi connectivity index (χ4n) is 18.0. The predicted molar refractivity (Wildman–Crippen MR) is 512 cm³/mol. The van der Waals surface area contributed by atoms with E-state index >= 15 is 0 Å². The van der Waals surface area contributed by atoms with Gasteiger partial charge in [0.1, 0.15) is 30.2 Å². The van der Waals surface area contributed by atoms with Crippen LogP contribution in [-0.4, -0.2) is 178 Å². The fourth-order valence-corrected chi connectivity index (χ4v) is 18.0. The predicted octanol–water partition coefficient (Wildman–Crippen LogP) is 20.4. The summed E-state index contributed by atoms with van der Waals surface area (Å²) < 4.78 is 38.5. The number of rotatable bonds is 53. The molecule has 0 aromatic carbocycles. The third-order valence-corrected chi connectivity index (χ3v) is 27.0. The van der Waals surface area contributed by atoms with Gasteiger partial charge < -0.3 is 72.5 Å². The second kappa shape index (κ2) is 60.7. The van der Waals surface area contributed by atoms with Gasteiger partial charge in [0, 0.05) is 45.0 Å². The van der Waals surface area contributed by atoms with Crippen molar-refractivity contribution in [2.75, 3.05) is 13.6 Å². The average molecular weight is 1880 g/mol. The molecular weight excluding hydrogens is 1690 g/mol. The average Bonchev–Trinajstić information content (AvgIpc) is 1.76. The molecule has 7 amide bonds. The Bertz CT molecular complexity index is 3460. The number of nitrogens with zero attached hydrogens (tertiary/aromatic N) is 1. The second-order valence-corrected chi connectivity index (χ2v) is 41.2. The molecule has 13 N–H and O–H groups in total. The van der Waals surface area contributed by atoms with Gasteiger partial charge in [0.05, 0.1) is 30.3 Å². The third kappa shape index (κ3) is 45.5. The van der Waals surface area contributed by atoms with Crippen LogP contribution in [0, 0.1) is 85.2 Å². The number of likely N-dealkylation sites (N-methyl/N-ethyl adjacent to an activating group) is 1. The van der Waals surface area contributed by atoms with Crippen LogP contribution in [0.25, 0.3) is 0 Å². The molecule has 0 aromatic heterocycles. The minimum Gasteiger partial charge on any atom is -0.481 e. The Kier molecular flexibility index (Phi) is 61.1. The number of carbonyl (C=O) groups is 14. The largest absolute Gasteiger partial charge is 0.481 e. The highest BCUT2D eigenvalue weighted by Crippen LogP contribution is 2.45. The van der Waals surface area contributed by atoms with Gasteiger partial charge in [-0.1, -0.05) is 208 Å². The van der Waals surface area contributed by atoms with E-state index in [1.54, 1.807) is 34.7 Å². The summed E-state index contributed by atoms with van der Waals surface area (Å²) in [6, 6.07) is -3.99. The Balaban J connectivity index is -0.000000472. The first-order valence-corrected chi connectivity index (χ1v) is 48.7. The minimum atomic E-state index is -4.78. The molecule has 0 heterocycles. The smallest absolute Gasteiger partial charge is 0.409 e. The molecule has 3 unspecified atom stereocenters. The molecule has 0 radical (unpaired) electrons. The van der Waals surface area contributed by atoms with E-state index in [9.17, 15) is 85.4 Å². The summed E-state index contributed by atoms with van der Waals surface area (Å²) in [6.07, 6.45) is 13.6. The van der Waals surface area contributed by atoms with Crippen LogP contribution in [-0.2, 0) is 67.1 Å². The summed E-state index contributed by atoms with van der Waals surface area (Å²) in [6.45, 7) is 64.5. The number of carboxylic acid groups (broad SMARTS) is 7. The van der Waals surface area contributed by atoms with Crippen molar-refractivity contribution in [3.8, 4) is 0 Å². The van der Waals surface area contributed by atoms with Crippen molar-refractivity contribution in [3.63, 3.8) is 0 Å². The number of nitrogens with one attached hydrogen (secondary N) is 6. The number of aliphatic carboxylic acids is 7. The van der Waals surface area contributed by atoms with E-state index in [1.807, 2.05) is 88.4 Å². The van der Waals surface area contributed by atoms with E-state index in [1.165, 1.54) is 25.7 Å². The van der Waals surface area contributed by atoms with Crippen molar-refractivity contribution in [2.45, 2.75) is 456 Å².